The largest absolute Gasteiger partial charge is 0.465 e. The highest BCUT2D eigenvalue weighted by molar-refractivity contribution is 7.15. The van der Waals surface area contributed by atoms with Crippen LogP contribution in [0.25, 0.3) is 21.5 Å². The number of methoxy groups -OCH3 is 1. The molecule has 0 aliphatic heterocycles. The van der Waals surface area contributed by atoms with Gasteiger partial charge in [-0.15, -0.1) is 11.3 Å². The van der Waals surface area contributed by atoms with E-state index < -0.39 is 0 Å². The zero-order valence-electron chi connectivity index (χ0n) is 11.2. The third kappa shape index (κ3) is 2.18. The number of thiophene rings is 1. The van der Waals surface area contributed by atoms with Crippen LogP contribution < -0.4 is 0 Å². The third-order valence-electron chi connectivity index (χ3n) is 3.11. The van der Waals surface area contributed by atoms with Gasteiger partial charge in [0.1, 0.15) is 0 Å². The molecule has 4 heteroatoms. The minimum atomic E-state index is -0.335. The number of hydrogen-bond donors (Lipinski definition) is 0. The van der Waals surface area contributed by atoms with Crippen molar-refractivity contribution < 1.29 is 9.53 Å². The van der Waals surface area contributed by atoms with E-state index in [1.165, 1.54) is 12.0 Å². The van der Waals surface area contributed by atoms with Gasteiger partial charge >= 0.3 is 5.97 Å². The molecule has 0 saturated carbocycles. The predicted octanol–water partition coefficient (Wildman–Crippen LogP) is 4.06. The third-order valence-corrected chi connectivity index (χ3v) is 4.14. The lowest BCUT2D eigenvalue weighted by Crippen LogP contribution is -2.03. The van der Waals surface area contributed by atoms with Crippen LogP contribution in [0.2, 0.25) is 0 Å². The minimum absolute atomic E-state index is 0.335. The Balaban J connectivity index is 2.27. The number of nitrogens with zero attached hydrogens (tertiary/aromatic N) is 1. The van der Waals surface area contributed by atoms with Crippen LogP contribution in [0.1, 0.15) is 15.2 Å². The van der Waals surface area contributed by atoms with Crippen molar-refractivity contribution in [2.45, 2.75) is 6.92 Å². The van der Waals surface area contributed by atoms with Crippen molar-refractivity contribution in [3.05, 3.63) is 52.9 Å². The van der Waals surface area contributed by atoms with E-state index in [1.807, 2.05) is 30.3 Å². The summed E-state index contributed by atoms with van der Waals surface area (Å²) < 4.78 is 4.88. The lowest BCUT2D eigenvalue weighted by atomic mass is 10.1. The molecule has 0 bridgehead atoms. The van der Waals surface area contributed by atoms with Crippen molar-refractivity contribution in [2.24, 2.45) is 0 Å². The predicted molar refractivity (Wildman–Crippen MR) is 81.1 cm³/mol. The highest BCUT2D eigenvalue weighted by atomic mass is 32.1. The molecule has 0 unspecified atom stereocenters. The van der Waals surface area contributed by atoms with E-state index in [1.54, 1.807) is 17.4 Å². The molecule has 100 valence electrons. The Morgan fingerprint density at radius 1 is 1.20 bits per heavy atom. The fourth-order valence-corrected chi connectivity index (χ4v) is 2.98. The van der Waals surface area contributed by atoms with Crippen LogP contribution >= 0.6 is 11.3 Å². The molecule has 0 amide bonds. The Bertz CT molecular complexity index is 792. The van der Waals surface area contributed by atoms with Crippen molar-refractivity contribution >= 4 is 28.2 Å². The molecule has 1 aromatic carbocycles. The van der Waals surface area contributed by atoms with Crippen LogP contribution in [0, 0.1) is 6.92 Å². The molecule has 0 N–H and O–H groups in total. The highest BCUT2D eigenvalue weighted by Gasteiger charge is 2.14. The summed E-state index contributed by atoms with van der Waals surface area (Å²) >= 11 is 1.66. The summed E-state index contributed by atoms with van der Waals surface area (Å²) in [4.78, 5) is 18.9. The highest BCUT2D eigenvalue weighted by Crippen LogP contribution is 2.30. The monoisotopic (exact) mass is 283 g/mol. The number of benzene rings is 1. The number of aromatic nitrogens is 1. The number of rotatable bonds is 2. The lowest BCUT2D eigenvalue weighted by Gasteiger charge is -2.07. The van der Waals surface area contributed by atoms with Crippen LogP contribution in [-0.4, -0.2) is 18.1 Å². The Hall–Kier alpha value is -2.20. The van der Waals surface area contributed by atoms with Crippen LogP contribution in [0.5, 0.6) is 0 Å². The summed E-state index contributed by atoms with van der Waals surface area (Å²) in [6.07, 6.45) is 0. The molecular weight excluding hydrogens is 270 g/mol. The topological polar surface area (TPSA) is 39.2 Å². The summed E-state index contributed by atoms with van der Waals surface area (Å²) in [7, 11) is 1.40. The fourth-order valence-electron chi connectivity index (χ4n) is 2.15. The van der Waals surface area contributed by atoms with E-state index >= 15 is 0 Å². The van der Waals surface area contributed by atoms with Gasteiger partial charge in [-0.2, -0.15) is 0 Å². The minimum Gasteiger partial charge on any atom is -0.465 e. The van der Waals surface area contributed by atoms with Gasteiger partial charge in [0.2, 0.25) is 0 Å². The molecule has 0 radical (unpaired) electrons. The first-order valence-electron chi connectivity index (χ1n) is 6.24. The number of para-hydroxylation sites is 1. The first kappa shape index (κ1) is 12.8. The molecule has 0 spiro atoms. The molecule has 20 heavy (non-hydrogen) atoms. The van der Waals surface area contributed by atoms with Crippen LogP contribution in [0.15, 0.2) is 42.5 Å². The van der Waals surface area contributed by atoms with E-state index in [9.17, 15) is 4.79 Å². The number of ether oxygens (including phenoxy) is 1. The van der Waals surface area contributed by atoms with Crippen molar-refractivity contribution in [2.75, 3.05) is 7.11 Å². The molecule has 2 aromatic heterocycles. The van der Waals surface area contributed by atoms with Crippen LogP contribution in [0.4, 0.5) is 0 Å². The lowest BCUT2D eigenvalue weighted by molar-refractivity contribution is 0.0603. The normalized spacial score (nSPS) is 10.7. The van der Waals surface area contributed by atoms with Crippen molar-refractivity contribution in [1.29, 1.82) is 0 Å². The molecule has 0 aliphatic rings. The smallest absolute Gasteiger partial charge is 0.338 e. The summed E-state index contributed by atoms with van der Waals surface area (Å²) in [5.41, 5.74) is 2.16. The second kappa shape index (κ2) is 5.06. The molecule has 0 fully saturated rings. The van der Waals surface area contributed by atoms with E-state index in [2.05, 4.69) is 18.0 Å². The molecule has 2 heterocycles. The maximum Gasteiger partial charge on any atom is 0.338 e. The van der Waals surface area contributed by atoms with Gasteiger partial charge in [-0.25, -0.2) is 9.78 Å². The molecular formula is C16H13NO2S. The number of esters is 1. The average molecular weight is 283 g/mol. The first-order chi connectivity index (χ1) is 9.69. The zero-order chi connectivity index (χ0) is 14.1. The number of carbonyl (C=O) groups excluding carboxylic acids is 1. The standard InChI is InChI=1S/C16H13NO2S/c1-10-7-8-15(20-10)14-9-12(16(18)19-2)11-5-3-4-6-13(11)17-14/h3-9H,1-2H3. The number of hydrogen-bond acceptors (Lipinski definition) is 4. The van der Waals surface area contributed by atoms with Crippen molar-refractivity contribution in [3.8, 4) is 10.6 Å². The Morgan fingerprint density at radius 3 is 2.70 bits per heavy atom. The zero-order valence-corrected chi connectivity index (χ0v) is 12.0. The van der Waals surface area contributed by atoms with E-state index in [0.29, 0.717) is 5.56 Å². The van der Waals surface area contributed by atoms with Gasteiger partial charge in [0.25, 0.3) is 0 Å². The van der Waals surface area contributed by atoms with Crippen LogP contribution in [-0.2, 0) is 4.74 Å². The van der Waals surface area contributed by atoms with Crippen LogP contribution in [0.3, 0.4) is 0 Å². The number of aryl methyl sites for hydroxylation is 1. The van der Waals surface area contributed by atoms with Gasteiger partial charge in [-0.3, -0.25) is 0 Å². The first-order valence-corrected chi connectivity index (χ1v) is 7.05. The van der Waals surface area contributed by atoms with Gasteiger partial charge in [0.05, 0.1) is 28.8 Å². The van der Waals surface area contributed by atoms with E-state index in [-0.39, 0.29) is 5.97 Å². The Morgan fingerprint density at radius 2 is 2.00 bits per heavy atom. The maximum atomic E-state index is 12.0. The molecule has 0 atom stereocenters. The van der Waals surface area contributed by atoms with Gasteiger partial charge in [0.15, 0.2) is 0 Å². The number of pyridine rings is 1. The number of fused-ring (bicyclic) bond motifs is 1. The summed E-state index contributed by atoms with van der Waals surface area (Å²) in [5.74, 6) is -0.335. The van der Waals surface area contributed by atoms with Crippen molar-refractivity contribution in [3.63, 3.8) is 0 Å². The average Bonchev–Trinajstić information content (AvgIpc) is 2.92. The molecule has 3 aromatic rings. The quantitative estimate of drug-likeness (QED) is 0.666. The SMILES string of the molecule is COC(=O)c1cc(-c2ccc(C)s2)nc2ccccc12. The molecule has 3 rings (SSSR count). The summed E-state index contributed by atoms with van der Waals surface area (Å²) in [6.45, 7) is 2.05. The second-order valence-corrected chi connectivity index (χ2v) is 5.76. The molecule has 3 nitrogen and oxygen atoms in total. The molecule has 0 aliphatic carbocycles. The Labute approximate surface area is 120 Å². The van der Waals surface area contributed by atoms with Crippen molar-refractivity contribution in [1.82, 2.24) is 4.98 Å². The van der Waals surface area contributed by atoms with Gasteiger partial charge in [-0.05, 0) is 31.2 Å². The van der Waals surface area contributed by atoms with Gasteiger partial charge < -0.3 is 4.74 Å². The van der Waals surface area contributed by atoms with Gasteiger partial charge in [-0.1, -0.05) is 18.2 Å². The second-order valence-electron chi connectivity index (χ2n) is 4.47. The Kier molecular flexibility index (Phi) is 3.24. The summed E-state index contributed by atoms with van der Waals surface area (Å²) in [6, 6.07) is 13.5. The summed E-state index contributed by atoms with van der Waals surface area (Å²) in [5, 5.41) is 0.816. The van der Waals surface area contributed by atoms with Gasteiger partial charge in [0, 0.05) is 10.3 Å². The van der Waals surface area contributed by atoms with E-state index in [0.717, 1.165) is 21.5 Å². The fraction of sp³-hybridized carbons (Fsp3) is 0.125. The number of carbonyl (C=O) groups is 1. The van der Waals surface area contributed by atoms with E-state index in [4.69, 9.17) is 4.74 Å². The molecule has 0 saturated heterocycles. The maximum absolute atomic E-state index is 12.0.